The summed E-state index contributed by atoms with van der Waals surface area (Å²) < 4.78 is 5.12. The van der Waals surface area contributed by atoms with Crippen molar-refractivity contribution >= 4 is 5.78 Å². The van der Waals surface area contributed by atoms with E-state index in [1.165, 1.54) is 11.1 Å². The van der Waals surface area contributed by atoms with Crippen LogP contribution >= 0.6 is 0 Å². The number of fused-ring (bicyclic) bond motifs is 1. The van der Waals surface area contributed by atoms with Gasteiger partial charge in [0, 0.05) is 18.7 Å². The molecule has 0 aliphatic carbocycles. The van der Waals surface area contributed by atoms with Gasteiger partial charge in [0.25, 0.3) is 0 Å². The molecule has 0 radical (unpaired) electrons. The molecule has 0 aromatic heterocycles. The summed E-state index contributed by atoms with van der Waals surface area (Å²) in [6.45, 7) is 2.28. The maximum atomic E-state index is 12.3. The Morgan fingerprint density at radius 3 is 2.52 bits per heavy atom. The molecule has 0 bridgehead atoms. The van der Waals surface area contributed by atoms with Crippen molar-refractivity contribution in [2.45, 2.75) is 13.0 Å². The number of carbonyl (C=O) groups excluding carboxylic acids is 1. The standard InChI is InChI=1S/C18H19NO2/c1-21-17-8-6-15(7-9-17)18(20)13-19-11-10-14-4-2-3-5-16(14)12-19/h2-9H,10-13H2,1H3. The number of nitrogens with zero attached hydrogens (tertiary/aromatic N) is 1. The van der Waals surface area contributed by atoms with Crippen molar-refractivity contribution in [3.05, 3.63) is 65.2 Å². The predicted molar refractivity (Wildman–Crippen MR) is 82.7 cm³/mol. The van der Waals surface area contributed by atoms with Gasteiger partial charge in [-0.15, -0.1) is 0 Å². The van der Waals surface area contributed by atoms with Crippen LogP contribution in [0.25, 0.3) is 0 Å². The van der Waals surface area contributed by atoms with E-state index in [0.29, 0.717) is 6.54 Å². The Balaban J connectivity index is 1.65. The van der Waals surface area contributed by atoms with Gasteiger partial charge in [-0.25, -0.2) is 0 Å². The molecule has 1 heterocycles. The fraction of sp³-hybridized carbons (Fsp3) is 0.278. The first-order valence-corrected chi connectivity index (χ1v) is 7.22. The Labute approximate surface area is 125 Å². The molecule has 3 rings (SSSR count). The van der Waals surface area contributed by atoms with Crippen LogP contribution in [0.4, 0.5) is 0 Å². The lowest BCUT2D eigenvalue weighted by molar-refractivity contribution is 0.0921. The fourth-order valence-corrected chi connectivity index (χ4v) is 2.76. The Hall–Kier alpha value is -2.13. The quantitative estimate of drug-likeness (QED) is 0.807. The number of Topliss-reactive ketones (excluding diaryl/α,β-unsaturated/α-hetero) is 1. The Kier molecular flexibility index (Phi) is 4.02. The molecule has 1 aliphatic rings. The maximum absolute atomic E-state index is 12.3. The van der Waals surface area contributed by atoms with Gasteiger partial charge in [-0.05, 0) is 41.8 Å². The van der Waals surface area contributed by atoms with E-state index < -0.39 is 0 Å². The molecule has 0 unspecified atom stereocenters. The number of hydrogen-bond donors (Lipinski definition) is 0. The Bertz CT molecular complexity index is 634. The summed E-state index contributed by atoms with van der Waals surface area (Å²) in [6, 6.07) is 15.8. The summed E-state index contributed by atoms with van der Waals surface area (Å²) in [5, 5.41) is 0. The third-order valence-corrected chi connectivity index (χ3v) is 3.99. The highest BCUT2D eigenvalue weighted by Gasteiger charge is 2.18. The fourth-order valence-electron chi connectivity index (χ4n) is 2.76. The first-order valence-electron chi connectivity index (χ1n) is 7.22. The van der Waals surface area contributed by atoms with Crippen LogP contribution in [0, 0.1) is 0 Å². The number of benzene rings is 2. The molecule has 0 atom stereocenters. The normalized spacial score (nSPS) is 14.5. The molecule has 1 aliphatic heterocycles. The van der Waals surface area contributed by atoms with Crippen LogP contribution < -0.4 is 4.74 Å². The highest BCUT2D eigenvalue weighted by molar-refractivity contribution is 5.97. The molecule has 0 saturated heterocycles. The van der Waals surface area contributed by atoms with Crippen LogP contribution in [-0.4, -0.2) is 30.9 Å². The second kappa shape index (κ2) is 6.10. The molecule has 0 fully saturated rings. The van der Waals surface area contributed by atoms with Crippen molar-refractivity contribution in [3.63, 3.8) is 0 Å². The number of rotatable bonds is 4. The van der Waals surface area contributed by atoms with Crippen molar-refractivity contribution in [1.82, 2.24) is 4.90 Å². The SMILES string of the molecule is COc1ccc(C(=O)CN2CCc3ccccc3C2)cc1. The van der Waals surface area contributed by atoms with Gasteiger partial charge in [0.2, 0.25) is 0 Å². The van der Waals surface area contributed by atoms with Crippen LogP contribution in [-0.2, 0) is 13.0 Å². The summed E-state index contributed by atoms with van der Waals surface area (Å²) >= 11 is 0. The minimum Gasteiger partial charge on any atom is -0.497 e. The molecular formula is C18H19NO2. The van der Waals surface area contributed by atoms with Gasteiger partial charge in [-0.3, -0.25) is 9.69 Å². The van der Waals surface area contributed by atoms with E-state index in [0.717, 1.165) is 30.8 Å². The lowest BCUT2D eigenvalue weighted by Gasteiger charge is -2.28. The number of ketones is 1. The van der Waals surface area contributed by atoms with E-state index in [4.69, 9.17) is 4.74 Å². The van der Waals surface area contributed by atoms with E-state index in [2.05, 4.69) is 29.2 Å². The van der Waals surface area contributed by atoms with Crippen molar-refractivity contribution in [3.8, 4) is 5.75 Å². The molecule has 3 nitrogen and oxygen atoms in total. The molecule has 3 heteroatoms. The average molecular weight is 281 g/mol. The van der Waals surface area contributed by atoms with Gasteiger partial charge < -0.3 is 4.74 Å². The summed E-state index contributed by atoms with van der Waals surface area (Å²) in [6.07, 6.45) is 1.02. The first kappa shape index (κ1) is 13.8. The monoisotopic (exact) mass is 281 g/mol. The first-order chi connectivity index (χ1) is 10.3. The Morgan fingerprint density at radius 1 is 1.10 bits per heavy atom. The smallest absolute Gasteiger partial charge is 0.176 e. The number of hydrogen-bond acceptors (Lipinski definition) is 3. The third-order valence-electron chi connectivity index (χ3n) is 3.99. The summed E-state index contributed by atoms with van der Waals surface area (Å²) in [5.74, 6) is 0.940. The second-order valence-electron chi connectivity index (χ2n) is 5.38. The van der Waals surface area contributed by atoms with Gasteiger partial charge in [-0.1, -0.05) is 24.3 Å². The molecule has 21 heavy (non-hydrogen) atoms. The highest BCUT2D eigenvalue weighted by Crippen LogP contribution is 2.19. The maximum Gasteiger partial charge on any atom is 0.176 e. The lowest BCUT2D eigenvalue weighted by atomic mass is 9.99. The zero-order valence-corrected chi connectivity index (χ0v) is 12.2. The number of methoxy groups -OCH3 is 1. The highest BCUT2D eigenvalue weighted by atomic mass is 16.5. The molecular weight excluding hydrogens is 262 g/mol. The third kappa shape index (κ3) is 3.14. The summed E-state index contributed by atoms with van der Waals surface area (Å²) in [5.41, 5.74) is 3.49. The molecule has 0 N–H and O–H groups in total. The zero-order chi connectivity index (χ0) is 14.7. The van der Waals surface area contributed by atoms with E-state index in [9.17, 15) is 4.79 Å². The van der Waals surface area contributed by atoms with Crippen molar-refractivity contribution in [2.24, 2.45) is 0 Å². The molecule has 2 aromatic carbocycles. The summed E-state index contributed by atoms with van der Waals surface area (Å²) in [7, 11) is 1.63. The van der Waals surface area contributed by atoms with Gasteiger partial charge >= 0.3 is 0 Å². The van der Waals surface area contributed by atoms with Crippen LogP contribution in [0.3, 0.4) is 0 Å². The van der Waals surface area contributed by atoms with Crippen molar-refractivity contribution in [2.75, 3.05) is 20.2 Å². The minimum absolute atomic E-state index is 0.164. The van der Waals surface area contributed by atoms with E-state index in [-0.39, 0.29) is 5.78 Å². The lowest BCUT2D eigenvalue weighted by Crippen LogP contribution is -2.34. The topological polar surface area (TPSA) is 29.5 Å². The zero-order valence-electron chi connectivity index (χ0n) is 12.2. The van der Waals surface area contributed by atoms with E-state index >= 15 is 0 Å². The molecule has 108 valence electrons. The van der Waals surface area contributed by atoms with Crippen LogP contribution in [0.2, 0.25) is 0 Å². The van der Waals surface area contributed by atoms with Gasteiger partial charge in [0.05, 0.1) is 13.7 Å². The van der Waals surface area contributed by atoms with E-state index in [1.54, 1.807) is 7.11 Å². The minimum atomic E-state index is 0.164. The predicted octanol–water partition coefficient (Wildman–Crippen LogP) is 2.94. The van der Waals surface area contributed by atoms with Gasteiger partial charge in [0.15, 0.2) is 5.78 Å². The van der Waals surface area contributed by atoms with Crippen molar-refractivity contribution < 1.29 is 9.53 Å². The number of carbonyl (C=O) groups is 1. The van der Waals surface area contributed by atoms with Crippen LogP contribution in [0.15, 0.2) is 48.5 Å². The van der Waals surface area contributed by atoms with Crippen LogP contribution in [0.5, 0.6) is 5.75 Å². The van der Waals surface area contributed by atoms with Gasteiger partial charge in [0.1, 0.15) is 5.75 Å². The number of ether oxygens (including phenoxy) is 1. The second-order valence-corrected chi connectivity index (χ2v) is 5.38. The average Bonchev–Trinajstić information content (AvgIpc) is 2.55. The molecule has 0 saturated carbocycles. The van der Waals surface area contributed by atoms with Gasteiger partial charge in [-0.2, -0.15) is 0 Å². The molecule has 2 aromatic rings. The summed E-state index contributed by atoms with van der Waals surface area (Å²) in [4.78, 5) is 14.6. The molecule has 0 amide bonds. The van der Waals surface area contributed by atoms with E-state index in [1.807, 2.05) is 24.3 Å². The van der Waals surface area contributed by atoms with Crippen molar-refractivity contribution in [1.29, 1.82) is 0 Å². The Morgan fingerprint density at radius 2 is 1.81 bits per heavy atom. The van der Waals surface area contributed by atoms with Crippen LogP contribution in [0.1, 0.15) is 21.5 Å². The largest absolute Gasteiger partial charge is 0.497 e. The molecule has 0 spiro atoms.